The van der Waals surface area contributed by atoms with E-state index in [2.05, 4.69) is 6.92 Å². The van der Waals surface area contributed by atoms with Gasteiger partial charge < -0.3 is 4.74 Å². The van der Waals surface area contributed by atoms with Crippen LogP contribution in [0.5, 0.6) is 0 Å². The molecule has 2 heteroatoms. The molecule has 1 atom stereocenters. The van der Waals surface area contributed by atoms with E-state index in [0.717, 1.165) is 12.8 Å². The van der Waals surface area contributed by atoms with E-state index >= 15 is 0 Å². The Kier molecular flexibility index (Phi) is 6.65. The Labute approximate surface area is 81.7 Å². The first-order valence-electron chi connectivity index (χ1n) is 5.28. The van der Waals surface area contributed by atoms with Crippen LogP contribution in [0.15, 0.2) is 0 Å². The summed E-state index contributed by atoms with van der Waals surface area (Å²) < 4.78 is 5.22. The second-order valence-electron chi connectivity index (χ2n) is 3.90. The van der Waals surface area contributed by atoms with Gasteiger partial charge in [-0.15, -0.1) is 0 Å². The van der Waals surface area contributed by atoms with E-state index in [-0.39, 0.29) is 18.0 Å². The number of unbranched alkanes of at least 4 members (excludes halogenated alkanes) is 2. The third-order valence-corrected chi connectivity index (χ3v) is 2.00. The van der Waals surface area contributed by atoms with Crippen LogP contribution in [0.3, 0.4) is 0 Å². The second-order valence-corrected chi connectivity index (χ2v) is 3.90. The summed E-state index contributed by atoms with van der Waals surface area (Å²) in [7, 11) is 0. The van der Waals surface area contributed by atoms with E-state index in [9.17, 15) is 4.79 Å². The molecule has 0 aromatic heterocycles. The average molecular weight is 186 g/mol. The molecule has 0 N–H and O–H groups in total. The topological polar surface area (TPSA) is 26.3 Å². The van der Waals surface area contributed by atoms with Gasteiger partial charge in [0.15, 0.2) is 0 Å². The lowest BCUT2D eigenvalue weighted by atomic mass is 10.1. The highest BCUT2D eigenvalue weighted by Gasteiger charge is 2.12. The van der Waals surface area contributed by atoms with Crippen LogP contribution in [-0.4, -0.2) is 12.1 Å². The van der Waals surface area contributed by atoms with E-state index < -0.39 is 0 Å². The molecule has 78 valence electrons. The van der Waals surface area contributed by atoms with E-state index in [1.54, 1.807) is 0 Å². The van der Waals surface area contributed by atoms with Crippen LogP contribution in [-0.2, 0) is 9.53 Å². The molecule has 0 amide bonds. The van der Waals surface area contributed by atoms with Crippen LogP contribution in [0.2, 0.25) is 0 Å². The van der Waals surface area contributed by atoms with Gasteiger partial charge in [-0.1, -0.05) is 33.6 Å². The number of carbonyl (C=O) groups is 1. The molecule has 0 aliphatic carbocycles. The fourth-order valence-electron chi connectivity index (χ4n) is 1.08. The number of ether oxygens (including phenoxy) is 1. The summed E-state index contributed by atoms with van der Waals surface area (Å²) in [5.74, 6) is -0.0855. The van der Waals surface area contributed by atoms with Gasteiger partial charge >= 0.3 is 5.97 Å². The lowest BCUT2D eigenvalue weighted by Crippen LogP contribution is -2.18. The summed E-state index contributed by atoms with van der Waals surface area (Å²) in [5, 5.41) is 0. The standard InChI is InChI=1S/C11H22O2/c1-5-6-7-8-10(4)13-11(12)9(2)3/h9-10H,5-8H2,1-4H3. The first-order valence-corrected chi connectivity index (χ1v) is 5.28. The predicted octanol–water partition coefficient (Wildman–Crippen LogP) is 3.15. The number of esters is 1. The van der Waals surface area contributed by atoms with E-state index in [0.29, 0.717) is 0 Å². The fourth-order valence-corrected chi connectivity index (χ4v) is 1.08. The molecule has 0 saturated carbocycles. The van der Waals surface area contributed by atoms with Crippen molar-refractivity contribution in [2.75, 3.05) is 0 Å². The molecule has 0 rings (SSSR count). The number of hydrogen-bond acceptors (Lipinski definition) is 2. The van der Waals surface area contributed by atoms with Gasteiger partial charge in [0.1, 0.15) is 0 Å². The first kappa shape index (κ1) is 12.5. The van der Waals surface area contributed by atoms with Crippen molar-refractivity contribution in [1.82, 2.24) is 0 Å². The molecule has 0 saturated heterocycles. The van der Waals surface area contributed by atoms with Gasteiger partial charge in [-0.25, -0.2) is 0 Å². The summed E-state index contributed by atoms with van der Waals surface area (Å²) in [6, 6.07) is 0. The molecule has 0 heterocycles. The second kappa shape index (κ2) is 6.93. The van der Waals surface area contributed by atoms with Crippen molar-refractivity contribution in [3.05, 3.63) is 0 Å². The van der Waals surface area contributed by atoms with E-state index in [1.165, 1.54) is 12.8 Å². The average Bonchev–Trinajstić information content (AvgIpc) is 2.04. The van der Waals surface area contributed by atoms with Crippen molar-refractivity contribution in [3.63, 3.8) is 0 Å². The summed E-state index contributed by atoms with van der Waals surface area (Å²) in [6.45, 7) is 7.86. The Morgan fingerprint density at radius 1 is 1.23 bits per heavy atom. The molecule has 0 spiro atoms. The van der Waals surface area contributed by atoms with Gasteiger partial charge in [-0.3, -0.25) is 4.79 Å². The van der Waals surface area contributed by atoms with Gasteiger partial charge in [0.25, 0.3) is 0 Å². The van der Waals surface area contributed by atoms with Crippen molar-refractivity contribution in [2.24, 2.45) is 5.92 Å². The Balaban J connectivity index is 3.50. The van der Waals surface area contributed by atoms with Gasteiger partial charge in [0.05, 0.1) is 12.0 Å². The highest BCUT2D eigenvalue weighted by atomic mass is 16.5. The van der Waals surface area contributed by atoms with Gasteiger partial charge in [-0.2, -0.15) is 0 Å². The zero-order chi connectivity index (χ0) is 10.3. The maximum absolute atomic E-state index is 11.2. The highest BCUT2D eigenvalue weighted by Crippen LogP contribution is 2.08. The summed E-state index contributed by atoms with van der Waals surface area (Å²) in [5.41, 5.74) is 0. The normalized spacial score (nSPS) is 13.0. The molecular weight excluding hydrogens is 164 g/mol. The number of rotatable bonds is 6. The lowest BCUT2D eigenvalue weighted by molar-refractivity contribution is -0.152. The van der Waals surface area contributed by atoms with Crippen molar-refractivity contribution in [3.8, 4) is 0 Å². The minimum atomic E-state index is -0.0796. The third-order valence-electron chi connectivity index (χ3n) is 2.00. The Hall–Kier alpha value is -0.530. The first-order chi connectivity index (χ1) is 6.07. The van der Waals surface area contributed by atoms with Crippen LogP contribution in [0.25, 0.3) is 0 Å². The minimum absolute atomic E-state index is 0.00590. The molecule has 0 fully saturated rings. The van der Waals surface area contributed by atoms with E-state index in [1.807, 2.05) is 20.8 Å². The van der Waals surface area contributed by atoms with Crippen molar-refractivity contribution < 1.29 is 9.53 Å². The summed E-state index contributed by atoms with van der Waals surface area (Å²) >= 11 is 0. The molecule has 0 aliphatic rings. The van der Waals surface area contributed by atoms with Crippen LogP contribution in [0.1, 0.15) is 53.4 Å². The minimum Gasteiger partial charge on any atom is -0.462 e. The van der Waals surface area contributed by atoms with Crippen molar-refractivity contribution in [2.45, 2.75) is 59.5 Å². The molecular formula is C11H22O2. The number of carbonyl (C=O) groups excluding carboxylic acids is 1. The monoisotopic (exact) mass is 186 g/mol. The van der Waals surface area contributed by atoms with Crippen LogP contribution >= 0.6 is 0 Å². The van der Waals surface area contributed by atoms with Crippen molar-refractivity contribution in [1.29, 1.82) is 0 Å². The largest absolute Gasteiger partial charge is 0.462 e. The molecule has 1 unspecified atom stereocenters. The van der Waals surface area contributed by atoms with Crippen LogP contribution in [0, 0.1) is 5.92 Å². The maximum atomic E-state index is 11.2. The molecule has 2 nitrogen and oxygen atoms in total. The highest BCUT2D eigenvalue weighted by molar-refractivity contribution is 5.71. The zero-order valence-corrected chi connectivity index (χ0v) is 9.30. The van der Waals surface area contributed by atoms with Gasteiger partial charge in [-0.05, 0) is 19.8 Å². The third kappa shape index (κ3) is 6.62. The Morgan fingerprint density at radius 3 is 2.31 bits per heavy atom. The fraction of sp³-hybridized carbons (Fsp3) is 0.909. The van der Waals surface area contributed by atoms with Gasteiger partial charge in [0, 0.05) is 0 Å². The molecule has 0 aromatic rings. The Bertz CT molecular complexity index is 141. The quantitative estimate of drug-likeness (QED) is 0.470. The van der Waals surface area contributed by atoms with Crippen LogP contribution < -0.4 is 0 Å². The smallest absolute Gasteiger partial charge is 0.308 e. The lowest BCUT2D eigenvalue weighted by Gasteiger charge is -2.14. The molecule has 13 heavy (non-hydrogen) atoms. The molecule has 0 bridgehead atoms. The van der Waals surface area contributed by atoms with Crippen molar-refractivity contribution >= 4 is 5.97 Å². The zero-order valence-electron chi connectivity index (χ0n) is 9.30. The van der Waals surface area contributed by atoms with E-state index in [4.69, 9.17) is 4.74 Å². The SMILES string of the molecule is CCCCCC(C)OC(=O)C(C)C. The van der Waals surface area contributed by atoms with Gasteiger partial charge in [0.2, 0.25) is 0 Å². The summed E-state index contributed by atoms with van der Waals surface area (Å²) in [4.78, 5) is 11.2. The molecule has 0 aliphatic heterocycles. The number of hydrogen-bond donors (Lipinski definition) is 0. The molecule has 0 aromatic carbocycles. The van der Waals surface area contributed by atoms with Crippen LogP contribution in [0.4, 0.5) is 0 Å². The molecule has 0 radical (unpaired) electrons. The maximum Gasteiger partial charge on any atom is 0.308 e. The Morgan fingerprint density at radius 2 is 1.85 bits per heavy atom. The summed E-state index contributed by atoms with van der Waals surface area (Å²) in [6.07, 6.45) is 4.67. The predicted molar refractivity (Wildman–Crippen MR) is 54.5 cm³/mol.